The molecule has 1 aliphatic heterocycles. The number of benzene rings is 1. The lowest BCUT2D eigenvalue weighted by molar-refractivity contribution is -0.136. The summed E-state index contributed by atoms with van der Waals surface area (Å²) >= 11 is 0. The second kappa shape index (κ2) is 5.46. The van der Waals surface area contributed by atoms with Crippen LogP contribution in [-0.2, 0) is 19.0 Å². The zero-order valence-corrected chi connectivity index (χ0v) is 13.7. The molecule has 3 aliphatic rings. The second-order valence-corrected chi connectivity index (χ2v) is 6.67. The fourth-order valence-electron chi connectivity index (χ4n) is 4.93. The Hall–Kier alpha value is -1.65. The number of ether oxygens (including phenoxy) is 3. The highest BCUT2D eigenvalue weighted by Gasteiger charge is 2.55. The smallest absolute Gasteiger partial charge is 0.334 e. The number of esters is 1. The molecule has 4 nitrogen and oxygen atoms in total. The van der Waals surface area contributed by atoms with Crippen LogP contribution in [0.3, 0.4) is 0 Å². The fourth-order valence-corrected chi connectivity index (χ4v) is 4.93. The molecule has 0 N–H and O–H groups in total. The molecule has 5 atom stereocenters. The monoisotopic (exact) mass is 314 g/mol. The molecule has 0 spiro atoms. The number of carbonyl (C=O) groups excluding carboxylic acids is 1. The Labute approximate surface area is 136 Å². The molecule has 0 saturated carbocycles. The quantitative estimate of drug-likeness (QED) is 0.787. The van der Waals surface area contributed by atoms with Crippen molar-refractivity contribution in [2.24, 2.45) is 11.8 Å². The van der Waals surface area contributed by atoms with Crippen molar-refractivity contribution in [1.82, 2.24) is 0 Å². The Kier molecular flexibility index (Phi) is 3.54. The van der Waals surface area contributed by atoms with Gasteiger partial charge in [0, 0.05) is 24.5 Å². The van der Waals surface area contributed by atoms with Crippen LogP contribution in [0, 0.1) is 11.8 Å². The van der Waals surface area contributed by atoms with Gasteiger partial charge in [0.2, 0.25) is 0 Å². The number of fused-ring (bicyclic) bond motifs is 5. The first-order valence-electron chi connectivity index (χ1n) is 8.23. The molecular formula is C19H22O4. The third-order valence-corrected chi connectivity index (χ3v) is 5.79. The van der Waals surface area contributed by atoms with Gasteiger partial charge in [0.1, 0.15) is 0 Å². The molecule has 1 saturated heterocycles. The molecule has 122 valence electrons. The van der Waals surface area contributed by atoms with E-state index in [1.807, 2.05) is 12.1 Å². The van der Waals surface area contributed by atoms with Crippen LogP contribution in [0.2, 0.25) is 0 Å². The highest BCUT2D eigenvalue weighted by Crippen LogP contribution is 2.58. The summed E-state index contributed by atoms with van der Waals surface area (Å²) in [5, 5.41) is 0. The number of rotatable bonds is 2. The van der Waals surface area contributed by atoms with Gasteiger partial charge in [-0.15, -0.1) is 0 Å². The van der Waals surface area contributed by atoms with Crippen molar-refractivity contribution in [1.29, 1.82) is 0 Å². The van der Waals surface area contributed by atoms with E-state index >= 15 is 0 Å². The predicted octanol–water partition coefficient (Wildman–Crippen LogP) is 3.00. The molecular weight excluding hydrogens is 292 g/mol. The molecule has 0 unspecified atom stereocenters. The molecule has 1 aromatic rings. The largest absolute Gasteiger partial charge is 0.466 e. The van der Waals surface area contributed by atoms with Crippen LogP contribution in [0.15, 0.2) is 35.4 Å². The molecule has 4 heteroatoms. The van der Waals surface area contributed by atoms with Crippen molar-refractivity contribution in [3.63, 3.8) is 0 Å². The Morgan fingerprint density at radius 1 is 1.22 bits per heavy atom. The molecule has 0 bridgehead atoms. The Balaban J connectivity index is 1.92. The highest BCUT2D eigenvalue weighted by atomic mass is 16.5. The summed E-state index contributed by atoms with van der Waals surface area (Å²) in [7, 11) is 3.22. The Morgan fingerprint density at radius 3 is 2.65 bits per heavy atom. The van der Waals surface area contributed by atoms with Crippen LogP contribution in [0.1, 0.15) is 36.5 Å². The third kappa shape index (κ3) is 1.95. The first-order chi connectivity index (χ1) is 11.2. The minimum atomic E-state index is -0.208. The van der Waals surface area contributed by atoms with Crippen LogP contribution in [-0.4, -0.2) is 32.9 Å². The number of hydrogen-bond acceptors (Lipinski definition) is 4. The van der Waals surface area contributed by atoms with Crippen LogP contribution >= 0.6 is 0 Å². The van der Waals surface area contributed by atoms with Crippen molar-refractivity contribution >= 4 is 5.97 Å². The standard InChI is InChI=1S/C19H22O4/c1-10-14-15(11-6-4-5-7-12(11)17(10)21-2)16(19(20)22-3)13-8-9-23-18(13)14/h4-7,10,14-15,17-18H,8-9H2,1-3H3/t10-,14-,15+,17+,18-/m1/s1. The maximum Gasteiger partial charge on any atom is 0.334 e. The lowest BCUT2D eigenvalue weighted by atomic mass is 9.67. The normalized spacial score (nSPS) is 34.8. The van der Waals surface area contributed by atoms with E-state index in [9.17, 15) is 4.79 Å². The minimum Gasteiger partial charge on any atom is -0.466 e. The van der Waals surface area contributed by atoms with Gasteiger partial charge in [-0.05, 0) is 29.0 Å². The molecule has 0 aromatic heterocycles. The molecule has 0 amide bonds. The summed E-state index contributed by atoms with van der Waals surface area (Å²) in [4.78, 5) is 12.5. The average molecular weight is 314 g/mol. The van der Waals surface area contributed by atoms with Crippen LogP contribution < -0.4 is 0 Å². The lowest BCUT2D eigenvalue weighted by Gasteiger charge is -2.41. The summed E-state index contributed by atoms with van der Waals surface area (Å²) in [6.45, 7) is 2.90. The third-order valence-electron chi connectivity index (χ3n) is 5.79. The average Bonchev–Trinajstić information content (AvgIpc) is 3.14. The first-order valence-corrected chi connectivity index (χ1v) is 8.23. The van der Waals surface area contributed by atoms with Gasteiger partial charge in [-0.25, -0.2) is 4.79 Å². The van der Waals surface area contributed by atoms with Crippen LogP contribution in [0.5, 0.6) is 0 Å². The van der Waals surface area contributed by atoms with E-state index in [0.717, 1.165) is 17.6 Å². The van der Waals surface area contributed by atoms with Gasteiger partial charge in [0.25, 0.3) is 0 Å². The van der Waals surface area contributed by atoms with Crippen molar-refractivity contribution in [3.8, 4) is 0 Å². The van der Waals surface area contributed by atoms with Crippen molar-refractivity contribution in [3.05, 3.63) is 46.5 Å². The highest BCUT2D eigenvalue weighted by molar-refractivity contribution is 5.93. The van der Waals surface area contributed by atoms with Gasteiger partial charge in [-0.3, -0.25) is 0 Å². The van der Waals surface area contributed by atoms with E-state index in [-0.39, 0.29) is 35.9 Å². The van der Waals surface area contributed by atoms with Crippen LogP contribution in [0.25, 0.3) is 0 Å². The van der Waals surface area contributed by atoms with E-state index in [1.54, 1.807) is 7.11 Å². The molecule has 4 rings (SSSR count). The van der Waals surface area contributed by atoms with Gasteiger partial charge in [-0.1, -0.05) is 31.2 Å². The van der Waals surface area contributed by atoms with E-state index in [0.29, 0.717) is 6.61 Å². The van der Waals surface area contributed by atoms with E-state index in [2.05, 4.69) is 19.1 Å². The van der Waals surface area contributed by atoms with Crippen molar-refractivity contribution < 1.29 is 19.0 Å². The lowest BCUT2D eigenvalue weighted by Crippen LogP contribution is -2.37. The Bertz CT molecular complexity index is 678. The van der Waals surface area contributed by atoms with Gasteiger partial charge in [-0.2, -0.15) is 0 Å². The SMILES string of the molecule is COC(=O)C1=C2CCO[C@H]2[C@@H]2[C@@H](C)[C@H](OC)c3ccccc3[C@H]12. The van der Waals surface area contributed by atoms with Crippen LogP contribution in [0.4, 0.5) is 0 Å². The van der Waals surface area contributed by atoms with E-state index < -0.39 is 0 Å². The minimum absolute atomic E-state index is 0.0232. The molecule has 1 fully saturated rings. The van der Waals surface area contributed by atoms with Gasteiger partial charge < -0.3 is 14.2 Å². The fraction of sp³-hybridized carbons (Fsp3) is 0.526. The number of carbonyl (C=O) groups is 1. The second-order valence-electron chi connectivity index (χ2n) is 6.67. The summed E-state index contributed by atoms with van der Waals surface area (Å²) in [5.74, 6) is 0.364. The molecule has 1 heterocycles. The van der Waals surface area contributed by atoms with E-state index in [1.165, 1.54) is 18.2 Å². The summed E-state index contributed by atoms with van der Waals surface area (Å²) in [6.07, 6.45) is 0.888. The van der Waals surface area contributed by atoms with Gasteiger partial charge in [0.15, 0.2) is 0 Å². The van der Waals surface area contributed by atoms with Crippen molar-refractivity contribution in [2.45, 2.75) is 31.5 Å². The van der Waals surface area contributed by atoms with Gasteiger partial charge in [0.05, 0.1) is 25.9 Å². The number of hydrogen-bond donors (Lipinski definition) is 0. The molecule has 1 aromatic carbocycles. The zero-order valence-electron chi connectivity index (χ0n) is 13.7. The van der Waals surface area contributed by atoms with E-state index in [4.69, 9.17) is 14.2 Å². The molecule has 2 aliphatic carbocycles. The topological polar surface area (TPSA) is 44.8 Å². The Morgan fingerprint density at radius 2 is 1.96 bits per heavy atom. The maximum absolute atomic E-state index is 12.5. The summed E-state index contributed by atoms with van der Waals surface area (Å²) in [5.41, 5.74) is 4.35. The molecule has 0 radical (unpaired) electrons. The summed E-state index contributed by atoms with van der Waals surface area (Å²) in [6, 6.07) is 8.31. The number of methoxy groups -OCH3 is 2. The predicted molar refractivity (Wildman–Crippen MR) is 85.0 cm³/mol. The maximum atomic E-state index is 12.5. The molecule has 23 heavy (non-hydrogen) atoms. The zero-order chi connectivity index (χ0) is 16.1. The first kappa shape index (κ1) is 14.9. The van der Waals surface area contributed by atoms with Crippen molar-refractivity contribution in [2.75, 3.05) is 20.8 Å². The van der Waals surface area contributed by atoms with Gasteiger partial charge >= 0.3 is 5.97 Å². The summed E-state index contributed by atoms with van der Waals surface area (Å²) < 4.78 is 17.0.